The first kappa shape index (κ1) is 26.6. The number of carbonyl (C=O) groups is 1. The highest BCUT2D eigenvalue weighted by Crippen LogP contribution is 2.44. The number of nitrogens with one attached hydrogen (secondary N) is 1. The predicted molar refractivity (Wildman–Crippen MR) is 125 cm³/mol. The molecule has 1 saturated heterocycles. The number of rotatable bonds is 8. The Morgan fingerprint density at radius 2 is 1.69 bits per heavy atom. The van der Waals surface area contributed by atoms with Crippen molar-refractivity contribution in [3.63, 3.8) is 0 Å². The lowest BCUT2D eigenvalue weighted by Gasteiger charge is -2.43. The Hall–Kier alpha value is -2.46. The predicted octanol–water partition coefficient (Wildman–Crippen LogP) is 4.78. The van der Waals surface area contributed by atoms with Gasteiger partial charge in [-0.2, -0.15) is 0 Å². The molecular formula is C27H32F3NO5. The van der Waals surface area contributed by atoms with E-state index in [2.05, 4.69) is 5.32 Å². The number of ether oxygens (including phenoxy) is 4. The summed E-state index contributed by atoms with van der Waals surface area (Å²) in [6, 6.07) is 9.87. The van der Waals surface area contributed by atoms with Crippen molar-refractivity contribution in [1.82, 2.24) is 5.32 Å². The first-order valence-corrected chi connectivity index (χ1v) is 12.1. The normalized spacial score (nSPS) is 27.2. The van der Waals surface area contributed by atoms with E-state index in [9.17, 15) is 18.0 Å². The van der Waals surface area contributed by atoms with Crippen LogP contribution in [0.4, 0.5) is 13.2 Å². The molecule has 1 aliphatic carbocycles. The van der Waals surface area contributed by atoms with Crippen LogP contribution in [0.1, 0.15) is 51.7 Å². The summed E-state index contributed by atoms with van der Waals surface area (Å²) in [5.74, 6) is -3.74. The van der Waals surface area contributed by atoms with Gasteiger partial charge in [0.05, 0.1) is 25.4 Å². The molecule has 1 N–H and O–H groups in total. The quantitative estimate of drug-likeness (QED) is 0.557. The minimum absolute atomic E-state index is 0.0415. The maximum absolute atomic E-state index is 14.3. The van der Waals surface area contributed by atoms with Crippen molar-refractivity contribution >= 4 is 5.91 Å². The molecular weight excluding hydrogens is 475 g/mol. The second-order valence-electron chi connectivity index (χ2n) is 10.1. The van der Waals surface area contributed by atoms with Gasteiger partial charge in [-0.15, -0.1) is 0 Å². The van der Waals surface area contributed by atoms with Crippen molar-refractivity contribution in [3.05, 3.63) is 71.0 Å². The molecule has 9 heteroatoms. The second kappa shape index (κ2) is 10.5. The Morgan fingerprint density at radius 1 is 1.00 bits per heavy atom. The second-order valence-corrected chi connectivity index (χ2v) is 10.1. The van der Waals surface area contributed by atoms with Gasteiger partial charge >= 0.3 is 0 Å². The summed E-state index contributed by atoms with van der Waals surface area (Å²) in [7, 11) is 0. The van der Waals surface area contributed by atoms with E-state index in [1.165, 1.54) is 18.2 Å². The molecule has 1 aliphatic heterocycles. The van der Waals surface area contributed by atoms with Gasteiger partial charge in [-0.3, -0.25) is 4.79 Å². The molecule has 4 atom stereocenters. The summed E-state index contributed by atoms with van der Waals surface area (Å²) >= 11 is 0. The summed E-state index contributed by atoms with van der Waals surface area (Å²) in [4.78, 5) is 13.5. The van der Waals surface area contributed by atoms with E-state index in [0.29, 0.717) is 5.56 Å². The molecule has 36 heavy (non-hydrogen) atoms. The Morgan fingerprint density at radius 3 is 2.42 bits per heavy atom. The summed E-state index contributed by atoms with van der Waals surface area (Å²) in [5.41, 5.74) is -1.08. The molecule has 1 amide bonds. The fourth-order valence-corrected chi connectivity index (χ4v) is 4.79. The molecule has 1 saturated carbocycles. The third-order valence-electron chi connectivity index (χ3n) is 6.43. The molecule has 0 bridgehead atoms. The number of hydrogen-bond donors (Lipinski definition) is 1. The smallest absolute Gasteiger partial charge is 0.252 e. The van der Waals surface area contributed by atoms with Gasteiger partial charge in [0, 0.05) is 30.0 Å². The summed E-state index contributed by atoms with van der Waals surface area (Å²) in [5, 5.41) is 2.90. The highest BCUT2D eigenvalue weighted by atomic mass is 19.2. The van der Waals surface area contributed by atoms with Crippen LogP contribution in [-0.4, -0.2) is 41.6 Å². The topological polar surface area (TPSA) is 66.0 Å². The van der Waals surface area contributed by atoms with Gasteiger partial charge in [-0.1, -0.05) is 30.3 Å². The lowest BCUT2D eigenvalue weighted by molar-refractivity contribution is -0.184. The Bertz CT molecular complexity index is 1090. The van der Waals surface area contributed by atoms with E-state index in [1.807, 2.05) is 13.8 Å². The van der Waals surface area contributed by atoms with Crippen molar-refractivity contribution < 1.29 is 36.9 Å². The van der Waals surface area contributed by atoms with Crippen molar-refractivity contribution in [2.75, 3.05) is 0 Å². The molecule has 2 aromatic rings. The lowest BCUT2D eigenvalue weighted by atomic mass is 9.78. The molecule has 2 aliphatic rings. The van der Waals surface area contributed by atoms with Gasteiger partial charge in [0.25, 0.3) is 5.91 Å². The molecule has 196 valence electrons. The molecule has 6 nitrogen and oxygen atoms in total. The van der Waals surface area contributed by atoms with Crippen molar-refractivity contribution in [3.8, 4) is 0 Å². The fourth-order valence-electron chi connectivity index (χ4n) is 4.79. The lowest BCUT2D eigenvalue weighted by Crippen LogP contribution is -2.60. The molecule has 2 fully saturated rings. The maximum Gasteiger partial charge on any atom is 0.252 e. The molecule has 0 radical (unpaired) electrons. The average Bonchev–Trinajstić information content (AvgIpc) is 3.12. The number of hydrogen-bond acceptors (Lipinski definition) is 5. The molecule has 0 aromatic heterocycles. The van der Waals surface area contributed by atoms with Crippen molar-refractivity contribution in [1.29, 1.82) is 0 Å². The van der Waals surface area contributed by atoms with Crippen LogP contribution in [0.2, 0.25) is 0 Å². The first-order chi connectivity index (χ1) is 17.0. The van der Waals surface area contributed by atoms with Crippen molar-refractivity contribution in [2.45, 2.75) is 89.5 Å². The zero-order chi connectivity index (χ0) is 26.1. The minimum atomic E-state index is -1.43. The van der Waals surface area contributed by atoms with E-state index >= 15 is 0 Å². The van der Waals surface area contributed by atoms with E-state index < -0.39 is 47.2 Å². The van der Waals surface area contributed by atoms with Gasteiger partial charge < -0.3 is 24.3 Å². The maximum atomic E-state index is 14.3. The van der Waals surface area contributed by atoms with Crippen LogP contribution in [0, 0.1) is 17.5 Å². The van der Waals surface area contributed by atoms with E-state index in [4.69, 9.17) is 18.9 Å². The highest BCUT2D eigenvalue weighted by molar-refractivity contribution is 5.85. The number of fused-ring (bicyclic) bond motifs is 1. The fraction of sp³-hybridized carbons (Fsp3) is 0.519. The largest absolute Gasteiger partial charge is 0.370 e. The average molecular weight is 508 g/mol. The van der Waals surface area contributed by atoms with E-state index in [1.54, 1.807) is 32.0 Å². The third kappa shape index (κ3) is 5.75. The van der Waals surface area contributed by atoms with Crippen LogP contribution in [-0.2, 0) is 37.0 Å². The van der Waals surface area contributed by atoms with Crippen LogP contribution in [0.15, 0.2) is 42.5 Å². The van der Waals surface area contributed by atoms with Crippen LogP contribution in [0.3, 0.4) is 0 Å². The third-order valence-corrected chi connectivity index (χ3v) is 6.43. The molecule has 1 unspecified atom stereocenters. The highest BCUT2D eigenvalue weighted by Gasteiger charge is 2.58. The number of amides is 1. The summed E-state index contributed by atoms with van der Waals surface area (Å²) in [6.07, 6.45) is -1.67. The first-order valence-electron chi connectivity index (χ1n) is 12.1. The zero-order valence-corrected chi connectivity index (χ0v) is 20.9. The number of carbonyl (C=O) groups excluding carboxylic acids is 1. The minimum Gasteiger partial charge on any atom is -0.370 e. The Balaban J connectivity index is 1.63. The standard InChI is InChI=1S/C27H32F3NO5/c1-16(2)31-25(32)27(34-15-17-8-5-6-10-19(17)28)12-21(24-22(13-27)35-26(3,4)36-24)33-14-18-9-7-11-20(29)23(18)30/h5-11,16,21-22,24H,12-15H2,1-4H3,(H,31,32)/t21?,22-,24+,27-/m1/s1. The Labute approximate surface area is 209 Å². The zero-order valence-electron chi connectivity index (χ0n) is 20.9. The van der Waals surface area contributed by atoms with Crippen LogP contribution in [0.25, 0.3) is 0 Å². The van der Waals surface area contributed by atoms with Crippen LogP contribution < -0.4 is 5.32 Å². The molecule has 2 aromatic carbocycles. The van der Waals surface area contributed by atoms with E-state index in [0.717, 1.165) is 6.07 Å². The van der Waals surface area contributed by atoms with Crippen LogP contribution in [0.5, 0.6) is 0 Å². The van der Waals surface area contributed by atoms with Gasteiger partial charge in [0.2, 0.25) is 0 Å². The Kier molecular flexibility index (Phi) is 7.75. The molecule has 0 spiro atoms. The monoisotopic (exact) mass is 507 g/mol. The molecule has 1 heterocycles. The van der Waals surface area contributed by atoms with E-state index in [-0.39, 0.29) is 43.6 Å². The van der Waals surface area contributed by atoms with Crippen LogP contribution >= 0.6 is 0 Å². The number of benzene rings is 2. The van der Waals surface area contributed by atoms with Gasteiger partial charge in [0.15, 0.2) is 23.0 Å². The summed E-state index contributed by atoms with van der Waals surface area (Å²) < 4.78 is 66.8. The van der Waals surface area contributed by atoms with Gasteiger partial charge in [-0.05, 0) is 39.8 Å². The van der Waals surface area contributed by atoms with Crippen molar-refractivity contribution in [2.24, 2.45) is 0 Å². The van der Waals surface area contributed by atoms with Gasteiger partial charge in [0.1, 0.15) is 11.9 Å². The summed E-state index contributed by atoms with van der Waals surface area (Å²) in [6.45, 7) is 6.77. The number of halogens is 3. The van der Waals surface area contributed by atoms with Gasteiger partial charge in [-0.25, -0.2) is 13.2 Å². The SMILES string of the molecule is CC(C)NC(=O)[C@@]1(OCc2ccccc2F)CC(OCc2cccc(F)c2F)[C@@H]2OC(C)(C)O[C@@H]2C1. The molecule has 4 rings (SSSR count).